The molecular formula is C29H31FN2O. The molecule has 33 heavy (non-hydrogen) atoms. The minimum Gasteiger partial charge on any atom is -0.354 e. The van der Waals surface area contributed by atoms with E-state index in [1.807, 2.05) is 31.2 Å². The molecule has 3 aromatic carbocycles. The number of hydrogen-bond donors (Lipinski definition) is 1. The number of benzene rings is 3. The summed E-state index contributed by atoms with van der Waals surface area (Å²) in [6.07, 6.45) is 3.45. The van der Waals surface area contributed by atoms with Crippen molar-refractivity contribution in [2.24, 2.45) is 0 Å². The largest absolute Gasteiger partial charge is 0.354 e. The van der Waals surface area contributed by atoms with Crippen LogP contribution in [0.5, 0.6) is 0 Å². The molecule has 4 rings (SSSR count). The van der Waals surface area contributed by atoms with Gasteiger partial charge in [0.1, 0.15) is 5.82 Å². The number of carbonyl (C=O) groups is 1. The van der Waals surface area contributed by atoms with Gasteiger partial charge in [0.05, 0.1) is 0 Å². The van der Waals surface area contributed by atoms with Crippen LogP contribution in [0.3, 0.4) is 0 Å². The van der Waals surface area contributed by atoms with Crippen molar-refractivity contribution >= 4 is 16.8 Å². The molecule has 1 N–H and O–H groups in total. The fourth-order valence-corrected chi connectivity index (χ4v) is 4.39. The number of para-hydroxylation sites is 1. The Bertz CT molecular complexity index is 1240. The maximum absolute atomic E-state index is 13.4. The molecule has 0 spiro atoms. The van der Waals surface area contributed by atoms with Crippen molar-refractivity contribution in [1.82, 2.24) is 9.88 Å². The van der Waals surface area contributed by atoms with Gasteiger partial charge >= 0.3 is 0 Å². The lowest BCUT2D eigenvalue weighted by Gasteiger charge is -2.19. The smallest absolute Gasteiger partial charge is 0.221 e. The van der Waals surface area contributed by atoms with E-state index in [2.05, 4.69) is 66.3 Å². The van der Waals surface area contributed by atoms with E-state index >= 15 is 0 Å². The molecule has 0 radical (unpaired) electrons. The summed E-state index contributed by atoms with van der Waals surface area (Å²) in [7, 11) is 0. The van der Waals surface area contributed by atoms with Gasteiger partial charge in [0.25, 0.3) is 0 Å². The van der Waals surface area contributed by atoms with E-state index in [-0.39, 0.29) is 23.7 Å². The molecule has 0 bridgehead atoms. The highest BCUT2D eigenvalue weighted by Gasteiger charge is 2.23. The quantitative estimate of drug-likeness (QED) is 0.329. The van der Waals surface area contributed by atoms with Crippen LogP contribution in [-0.2, 0) is 11.3 Å². The normalized spacial score (nSPS) is 13.1. The van der Waals surface area contributed by atoms with Crippen LogP contribution < -0.4 is 5.32 Å². The maximum Gasteiger partial charge on any atom is 0.221 e. The van der Waals surface area contributed by atoms with Gasteiger partial charge in [-0.2, -0.15) is 0 Å². The fourth-order valence-electron chi connectivity index (χ4n) is 4.39. The molecule has 4 heteroatoms. The molecule has 0 saturated heterocycles. The SMILES string of the molecule is CCC(C)NC(=O)CC(c1cccc(C)c1)c1cn(Cc2ccc(F)cc2)c2ccccc12. The Morgan fingerprint density at radius 1 is 1.03 bits per heavy atom. The molecule has 1 amide bonds. The van der Waals surface area contributed by atoms with Crippen LogP contribution in [0.25, 0.3) is 10.9 Å². The topological polar surface area (TPSA) is 34.0 Å². The van der Waals surface area contributed by atoms with Gasteiger partial charge in [0.2, 0.25) is 5.91 Å². The molecule has 1 heterocycles. The lowest BCUT2D eigenvalue weighted by Crippen LogP contribution is -2.33. The van der Waals surface area contributed by atoms with Gasteiger partial charge in [-0.25, -0.2) is 4.39 Å². The molecule has 0 fully saturated rings. The first-order chi connectivity index (χ1) is 15.9. The van der Waals surface area contributed by atoms with Crippen molar-refractivity contribution in [3.05, 3.63) is 107 Å². The van der Waals surface area contributed by atoms with Crippen LogP contribution in [0.1, 0.15) is 54.9 Å². The minimum absolute atomic E-state index is 0.0613. The number of carbonyl (C=O) groups excluding carboxylic acids is 1. The number of fused-ring (bicyclic) bond motifs is 1. The monoisotopic (exact) mass is 442 g/mol. The number of halogens is 1. The number of aryl methyl sites for hydroxylation is 1. The molecule has 1 aromatic heterocycles. The van der Waals surface area contributed by atoms with Crippen molar-refractivity contribution in [2.75, 3.05) is 0 Å². The van der Waals surface area contributed by atoms with Gasteiger partial charge in [-0.15, -0.1) is 0 Å². The predicted octanol–water partition coefficient (Wildman–Crippen LogP) is 6.57. The number of nitrogens with zero attached hydrogens (tertiary/aromatic N) is 1. The van der Waals surface area contributed by atoms with Crippen molar-refractivity contribution in [3.63, 3.8) is 0 Å². The molecule has 4 aromatic rings. The Kier molecular flexibility index (Phi) is 6.93. The van der Waals surface area contributed by atoms with Crippen molar-refractivity contribution < 1.29 is 9.18 Å². The third-order valence-corrected chi connectivity index (χ3v) is 6.31. The Morgan fingerprint density at radius 2 is 1.79 bits per heavy atom. The maximum atomic E-state index is 13.4. The summed E-state index contributed by atoms with van der Waals surface area (Å²) in [5.41, 5.74) is 5.59. The van der Waals surface area contributed by atoms with Gasteiger partial charge < -0.3 is 9.88 Å². The number of nitrogens with one attached hydrogen (secondary N) is 1. The predicted molar refractivity (Wildman–Crippen MR) is 133 cm³/mol. The zero-order valence-corrected chi connectivity index (χ0v) is 19.5. The molecule has 0 saturated carbocycles. The van der Waals surface area contributed by atoms with Crippen LogP contribution in [-0.4, -0.2) is 16.5 Å². The second-order valence-electron chi connectivity index (χ2n) is 8.90. The first kappa shape index (κ1) is 22.8. The van der Waals surface area contributed by atoms with Crippen LogP contribution in [0.4, 0.5) is 4.39 Å². The van der Waals surface area contributed by atoms with E-state index in [4.69, 9.17) is 0 Å². The highest BCUT2D eigenvalue weighted by molar-refractivity contribution is 5.87. The van der Waals surface area contributed by atoms with E-state index in [9.17, 15) is 9.18 Å². The van der Waals surface area contributed by atoms with E-state index in [0.717, 1.165) is 34.0 Å². The van der Waals surface area contributed by atoms with Crippen LogP contribution >= 0.6 is 0 Å². The van der Waals surface area contributed by atoms with Crippen molar-refractivity contribution in [3.8, 4) is 0 Å². The summed E-state index contributed by atoms with van der Waals surface area (Å²) >= 11 is 0. The Hall–Kier alpha value is -3.40. The Labute approximate surface area is 195 Å². The second-order valence-corrected chi connectivity index (χ2v) is 8.90. The lowest BCUT2D eigenvalue weighted by atomic mass is 9.87. The molecule has 0 aliphatic heterocycles. The van der Waals surface area contributed by atoms with Gasteiger partial charge in [-0.3, -0.25) is 4.79 Å². The third-order valence-electron chi connectivity index (χ3n) is 6.31. The molecule has 0 aliphatic rings. The number of aromatic nitrogens is 1. The first-order valence-corrected chi connectivity index (χ1v) is 11.6. The molecule has 170 valence electrons. The zero-order chi connectivity index (χ0) is 23.4. The lowest BCUT2D eigenvalue weighted by molar-refractivity contribution is -0.121. The second kappa shape index (κ2) is 10.0. The summed E-state index contributed by atoms with van der Waals surface area (Å²) in [6, 6.07) is 23.5. The third kappa shape index (κ3) is 5.33. The Morgan fingerprint density at radius 3 is 2.52 bits per heavy atom. The highest BCUT2D eigenvalue weighted by Crippen LogP contribution is 2.35. The van der Waals surface area contributed by atoms with E-state index in [1.54, 1.807) is 0 Å². The summed E-state index contributed by atoms with van der Waals surface area (Å²) in [6.45, 7) is 6.83. The summed E-state index contributed by atoms with van der Waals surface area (Å²) in [5, 5.41) is 4.27. The Balaban J connectivity index is 1.77. The number of hydrogen-bond acceptors (Lipinski definition) is 1. The van der Waals surface area contributed by atoms with Crippen LogP contribution in [0.2, 0.25) is 0 Å². The van der Waals surface area contributed by atoms with Gasteiger partial charge in [-0.05, 0) is 55.2 Å². The number of amides is 1. The zero-order valence-electron chi connectivity index (χ0n) is 19.5. The molecule has 2 unspecified atom stereocenters. The molecule has 2 atom stereocenters. The van der Waals surface area contributed by atoms with Crippen molar-refractivity contribution in [2.45, 2.75) is 52.1 Å². The minimum atomic E-state index is -0.233. The summed E-state index contributed by atoms with van der Waals surface area (Å²) in [4.78, 5) is 13.0. The first-order valence-electron chi connectivity index (χ1n) is 11.6. The van der Waals surface area contributed by atoms with E-state index in [1.165, 1.54) is 17.7 Å². The highest BCUT2D eigenvalue weighted by atomic mass is 19.1. The van der Waals surface area contributed by atoms with Gasteiger partial charge in [0.15, 0.2) is 0 Å². The molecular weight excluding hydrogens is 411 g/mol. The van der Waals surface area contributed by atoms with E-state index < -0.39 is 0 Å². The number of rotatable bonds is 8. The van der Waals surface area contributed by atoms with Gasteiger partial charge in [0, 0.05) is 42.0 Å². The summed E-state index contributed by atoms with van der Waals surface area (Å²) in [5.74, 6) is -0.233. The van der Waals surface area contributed by atoms with Gasteiger partial charge in [-0.1, -0.05) is 67.1 Å². The molecule has 0 aliphatic carbocycles. The average Bonchev–Trinajstić information content (AvgIpc) is 3.17. The average molecular weight is 443 g/mol. The molecule has 3 nitrogen and oxygen atoms in total. The fraction of sp³-hybridized carbons (Fsp3) is 0.276. The van der Waals surface area contributed by atoms with Crippen molar-refractivity contribution in [1.29, 1.82) is 0 Å². The van der Waals surface area contributed by atoms with Crippen LogP contribution in [0, 0.1) is 12.7 Å². The standard InChI is InChI=1S/C29H31FN2O/c1-4-21(3)31-29(33)17-26(23-9-7-8-20(2)16-23)27-19-32(28-11-6-5-10-25(27)28)18-22-12-14-24(30)15-13-22/h5-16,19,21,26H,4,17-18H2,1-3H3,(H,31,33). The summed E-state index contributed by atoms with van der Waals surface area (Å²) < 4.78 is 15.6. The van der Waals surface area contributed by atoms with Crippen LogP contribution in [0.15, 0.2) is 79.0 Å². The van der Waals surface area contributed by atoms with E-state index in [0.29, 0.717) is 13.0 Å².